The number of nitrogens with zero attached hydrogens (tertiary/aromatic N) is 1. The van der Waals surface area contributed by atoms with Crippen molar-refractivity contribution in [2.75, 3.05) is 6.54 Å². The van der Waals surface area contributed by atoms with Gasteiger partial charge < -0.3 is 4.90 Å². The summed E-state index contributed by atoms with van der Waals surface area (Å²) in [6.45, 7) is 1.89. The van der Waals surface area contributed by atoms with E-state index in [0.29, 0.717) is 24.2 Å². The molecular weight excluding hydrogens is 238 g/mol. The van der Waals surface area contributed by atoms with Crippen LogP contribution in [0.15, 0.2) is 0 Å². The maximum absolute atomic E-state index is 13.6. The maximum atomic E-state index is 13.6. The zero-order valence-electron chi connectivity index (χ0n) is 9.76. The van der Waals surface area contributed by atoms with Crippen molar-refractivity contribution in [3.8, 4) is 0 Å². The van der Waals surface area contributed by atoms with Crippen LogP contribution in [-0.2, 0) is 4.79 Å². The van der Waals surface area contributed by atoms with Gasteiger partial charge in [-0.3, -0.25) is 4.79 Å². The molecule has 2 atom stereocenters. The van der Waals surface area contributed by atoms with E-state index in [4.69, 9.17) is 0 Å². The Morgan fingerprint density at radius 2 is 2.06 bits per heavy atom. The van der Waals surface area contributed by atoms with Gasteiger partial charge in [-0.05, 0) is 19.3 Å². The number of carbonyl (C=O) groups is 1. The van der Waals surface area contributed by atoms with Crippen molar-refractivity contribution >= 4 is 5.91 Å². The quantitative estimate of drug-likeness (QED) is 0.710. The number of halogens is 4. The first kappa shape index (κ1) is 14.3. The van der Waals surface area contributed by atoms with Gasteiger partial charge in [0.15, 0.2) is 0 Å². The first-order chi connectivity index (χ1) is 7.88. The fourth-order valence-corrected chi connectivity index (χ4v) is 2.18. The first-order valence-electron chi connectivity index (χ1n) is 5.89. The van der Waals surface area contributed by atoms with Crippen LogP contribution in [0.4, 0.5) is 17.6 Å². The van der Waals surface area contributed by atoms with Crippen molar-refractivity contribution in [3.63, 3.8) is 0 Å². The van der Waals surface area contributed by atoms with E-state index >= 15 is 0 Å². The van der Waals surface area contributed by atoms with E-state index in [2.05, 4.69) is 0 Å². The molecule has 6 heteroatoms. The summed E-state index contributed by atoms with van der Waals surface area (Å²) >= 11 is 0. The normalized spacial score (nSPS) is 26.1. The number of carbonyl (C=O) groups excluding carboxylic acids is 1. The number of amides is 1. The lowest BCUT2D eigenvalue weighted by Gasteiger charge is -2.38. The molecule has 1 aliphatic rings. The SMILES string of the molecule is CCCC[C@H]1[C@@H](F)CCCN1C(=O)C(F)(F)F. The number of hydrogen-bond acceptors (Lipinski definition) is 1. The van der Waals surface area contributed by atoms with Crippen LogP contribution in [0, 0.1) is 0 Å². The van der Waals surface area contributed by atoms with Crippen LogP contribution in [0.25, 0.3) is 0 Å². The molecule has 0 saturated carbocycles. The third-order valence-corrected chi connectivity index (χ3v) is 3.05. The average molecular weight is 255 g/mol. The Morgan fingerprint density at radius 3 is 2.59 bits per heavy atom. The smallest absolute Gasteiger partial charge is 0.329 e. The average Bonchev–Trinajstić information content (AvgIpc) is 2.25. The fourth-order valence-electron chi connectivity index (χ4n) is 2.18. The molecule has 0 unspecified atom stereocenters. The summed E-state index contributed by atoms with van der Waals surface area (Å²) in [6, 6.07) is -0.905. The highest BCUT2D eigenvalue weighted by atomic mass is 19.4. The Balaban J connectivity index is 2.75. The second-order valence-electron chi connectivity index (χ2n) is 4.36. The van der Waals surface area contributed by atoms with E-state index in [9.17, 15) is 22.4 Å². The van der Waals surface area contributed by atoms with Crippen LogP contribution < -0.4 is 0 Å². The number of likely N-dealkylation sites (tertiary alicyclic amines) is 1. The summed E-state index contributed by atoms with van der Waals surface area (Å²) in [5.41, 5.74) is 0. The molecule has 0 radical (unpaired) electrons. The van der Waals surface area contributed by atoms with Crippen molar-refractivity contribution in [2.45, 2.75) is 57.4 Å². The van der Waals surface area contributed by atoms with Crippen molar-refractivity contribution in [1.29, 1.82) is 0 Å². The Labute approximate surface area is 98.0 Å². The number of rotatable bonds is 3. The van der Waals surface area contributed by atoms with E-state index in [1.165, 1.54) is 0 Å². The van der Waals surface area contributed by atoms with Gasteiger partial charge in [-0.25, -0.2) is 4.39 Å². The molecule has 1 aliphatic heterocycles. The van der Waals surface area contributed by atoms with Crippen LogP contribution in [-0.4, -0.2) is 35.7 Å². The van der Waals surface area contributed by atoms with Gasteiger partial charge in [-0.1, -0.05) is 19.8 Å². The molecule has 0 aromatic carbocycles. The van der Waals surface area contributed by atoms with Gasteiger partial charge in [0.25, 0.3) is 0 Å². The summed E-state index contributed by atoms with van der Waals surface area (Å²) in [5, 5.41) is 0. The minimum atomic E-state index is -4.90. The lowest BCUT2D eigenvalue weighted by Crippen LogP contribution is -2.53. The lowest BCUT2D eigenvalue weighted by atomic mass is 9.95. The third kappa shape index (κ3) is 3.57. The van der Waals surface area contributed by atoms with Crippen LogP contribution >= 0.6 is 0 Å². The highest BCUT2D eigenvalue weighted by Gasteiger charge is 2.47. The molecule has 1 rings (SSSR count). The predicted octanol–water partition coefficient (Wildman–Crippen LogP) is 3.07. The second-order valence-corrected chi connectivity index (χ2v) is 4.36. The Bertz CT molecular complexity index is 267. The van der Waals surface area contributed by atoms with Crippen molar-refractivity contribution < 1.29 is 22.4 Å². The molecule has 0 aliphatic carbocycles. The Kier molecular flexibility index (Phi) is 4.77. The Hall–Kier alpha value is -0.810. The van der Waals surface area contributed by atoms with Crippen LogP contribution in [0.5, 0.6) is 0 Å². The molecule has 0 N–H and O–H groups in total. The van der Waals surface area contributed by atoms with Crippen molar-refractivity contribution in [2.24, 2.45) is 0 Å². The van der Waals surface area contributed by atoms with E-state index < -0.39 is 24.3 Å². The van der Waals surface area contributed by atoms with Gasteiger partial charge in [0.1, 0.15) is 6.17 Å². The number of unbranched alkanes of at least 4 members (excludes halogenated alkanes) is 1. The largest absolute Gasteiger partial charge is 0.471 e. The van der Waals surface area contributed by atoms with Crippen molar-refractivity contribution in [1.82, 2.24) is 4.90 Å². The topological polar surface area (TPSA) is 20.3 Å². The molecule has 0 bridgehead atoms. The number of alkyl halides is 4. The maximum Gasteiger partial charge on any atom is 0.471 e. The minimum absolute atomic E-state index is 0.00709. The first-order valence-corrected chi connectivity index (χ1v) is 5.89. The monoisotopic (exact) mass is 255 g/mol. The minimum Gasteiger partial charge on any atom is -0.329 e. The summed E-state index contributed by atoms with van der Waals surface area (Å²) in [4.78, 5) is 11.8. The van der Waals surface area contributed by atoms with Crippen LogP contribution in [0.1, 0.15) is 39.0 Å². The van der Waals surface area contributed by atoms with E-state index in [1.807, 2.05) is 6.92 Å². The molecule has 17 heavy (non-hydrogen) atoms. The number of hydrogen-bond donors (Lipinski definition) is 0. The molecular formula is C11H17F4NO. The van der Waals surface area contributed by atoms with E-state index in [1.54, 1.807) is 0 Å². The van der Waals surface area contributed by atoms with Crippen LogP contribution in [0.2, 0.25) is 0 Å². The molecule has 2 nitrogen and oxygen atoms in total. The number of piperidine rings is 1. The van der Waals surface area contributed by atoms with Gasteiger partial charge >= 0.3 is 12.1 Å². The molecule has 0 spiro atoms. The highest BCUT2D eigenvalue weighted by Crippen LogP contribution is 2.29. The van der Waals surface area contributed by atoms with Crippen molar-refractivity contribution in [3.05, 3.63) is 0 Å². The lowest BCUT2D eigenvalue weighted by molar-refractivity contribution is -0.191. The molecule has 1 fully saturated rings. The fraction of sp³-hybridized carbons (Fsp3) is 0.909. The van der Waals surface area contributed by atoms with Gasteiger partial charge in [0.2, 0.25) is 0 Å². The summed E-state index contributed by atoms with van der Waals surface area (Å²) in [6.07, 6.45) is -3.98. The molecule has 100 valence electrons. The molecule has 1 heterocycles. The van der Waals surface area contributed by atoms with E-state index in [0.717, 1.165) is 6.42 Å². The highest BCUT2D eigenvalue weighted by molar-refractivity contribution is 5.82. The second kappa shape index (κ2) is 5.69. The van der Waals surface area contributed by atoms with E-state index in [-0.39, 0.29) is 13.0 Å². The standard InChI is InChI=1S/C11H17F4NO/c1-2-3-6-9-8(12)5-4-7-16(9)10(17)11(13,14)15/h8-9H,2-7H2,1H3/t8-,9-/m0/s1. The zero-order chi connectivity index (χ0) is 13.1. The summed E-state index contributed by atoms with van der Waals surface area (Å²) in [7, 11) is 0. The predicted molar refractivity (Wildman–Crippen MR) is 55.2 cm³/mol. The molecule has 0 aromatic heterocycles. The zero-order valence-corrected chi connectivity index (χ0v) is 9.76. The van der Waals surface area contributed by atoms with Crippen LogP contribution in [0.3, 0.4) is 0 Å². The van der Waals surface area contributed by atoms with Gasteiger partial charge in [0.05, 0.1) is 6.04 Å². The summed E-state index contributed by atoms with van der Waals surface area (Å²) < 4.78 is 50.6. The molecule has 1 amide bonds. The van der Waals surface area contributed by atoms with Gasteiger partial charge in [0, 0.05) is 6.54 Å². The van der Waals surface area contributed by atoms with Gasteiger partial charge in [-0.2, -0.15) is 13.2 Å². The molecule has 1 saturated heterocycles. The Morgan fingerprint density at radius 1 is 1.41 bits per heavy atom. The third-order valence-electron chi connectivity index (χ3n) is 3.05. The molecule has 0 aromatic rings. The summed E-state index contributed by atoms with van der Waals surface area (Å²) in [5.74, 6) is -1.90. The van der Waals surface area contributed by atoms with Gasteiger partial charge in [-0.15, -0.1) is 0 Å².